The van der Waals surface area contributed by atoms with Crippen molar-refractivity contribution in [3.8, 4) is 0 Å². The molecule has 0 aliphatic carbocycles. The van der Waals surface area contributed by atoms with Crippen LogP contribution < -0.4 is 11.1 Å². The van der Waals surface area contributed by atoms with Crippen LogP contribution in [0, 0.1) is 6.92 Å². The Kier molecular flexibility index (Phi) is 3.57. The van der Waals surface area contributed by atoms with Gasteiger partial charge in [-0.3, -0.25) is 9.20 Å². The molecule has 0 fully saturated rings. The topological polar surface area (TPSA) is 72.4 Å². The van der Waals surface area contributed by atoms with Gasteiger partial charge in [0.1, 0.15) is 0 Å². The van der Waals surface area contributed by atoms with Gasteiger partial charge in [-0.1, -0.05) is 11.6 Å². The molecule has 1 amide bonds. The number of hydrogen-bond acceptors (Lipinski definition) is 4. The summed E-state index contributed by atoms with van der Waals surface area (Å²) in [6, 6.07) is 5.10. The molecule has 1 aromatic carbocycles. The summed E-state index contributed by atoms with van der Waals surface area (Å²) in [5, 5.41) is 5.63. The van der Waals surface area contributed by atoms with Crippen molar-refractivity contribution in [2.75, 3.05) is 5.32 Å². The fraction of sp³-hybridized carbons (Fsp3) is 0.143. The predicted octanol–water partition coefficient (Wildman–Crippen LogP) is 3.07. The van der Waals surface area contributed by atoms with Crippen LogP contribution in [0.1, 0.15) is 21.7 Å². The maximum atomic E-state index is 11.1. The number of aromatic nitrogens is 2. The van der Waals surface area contributed by atoms with E-state index < -0.39 is 5.91 Å². The Morgan fingerprint density at radius 2 is 2.33 bits per heavy atom. The number of benzene rings is 1. The van der Waals surface area contributed by atoms with E-state index in [0.717, 1.165) is 22.0 Å². The zero-order valence-electron chi connectivity index (χ0n) is 11.3. The molecule has 5 nitrogen and oxygen atoms in total. The Labute approximate surface area is 130 Å². The number of carbonyl (C=O) groups excluding carboxylic acids is 1. The number of nitrogens with one attached hydrogen (secondary N) is 1. The molecule has 0 aliphatic heterocycles. The quantitative estimate of drug-likeness (QED) is 0.776. The first-order valence-corrected chi connectivity index (χ1v) is 7.56. The van der Waals surface area contributed by atoms with Crippen LogP contribution in [0.25, 0.3) is 4.96 Å². The molecule has 7 heteroatoms. The summed E-state index contributed by atoms with van der Waals surface area (Å²) >= 11 is 7.64. The standard InChI is InChI=1S/C14H13ClN4OS/c1-8-12(19-4-5-21-14(19)18-8)7-17-9-2-3-10(13(16)20)11(15)6-9/h2-6,17H,7H2,1H3,(H2,16,20). The van der Waals surface area contributed by atoms with E-state index in [2.05, 4.69) is 14.7 Å². The highest BCUT2D eigenvalue weighted by molar-refractivity contribution is 7.15. The molecule has 2 heterocycles. The van der Waals surface area contributed by atoms with Crippen LogP contribution in [0.15, 0.2) is 29.8 Å². The molecule has 2 aromatic heterocycles. The Morgan fingerprint density at radius 3 is 3.05 bits per heavy atom. The summed E-state index contributed by atoms with van der Waals surface area (Å²) in [5.74, 6) is -0.529. The van der Waals surface area contributed by atoms with E-state index in [0.29, 0.717) is 17.1 Å². The number of rotatable bonds is 4. The van der Waals surface area contributed by atoms with E-state index in [4.69, 9.17) is 17.3 Å². The van der Waals surface area contributed by atoms with Gasteiger partial charge >= 0.3 is 0 Å². The number of aryl methyl sites for hydroxylation is 1. The summed E-state index contributed by atoms with van der Waals surface area (Å²) in [4.78, 5) is 16.6. The lowest BCUT2D eigenvalue weighted by Gasteiger charge is -2.08. The maximum absolute atomic E-state index is 11.1. The number of thiazole rings is 1. The molecule has 0 atom stereocenters. The molecule has 3 rings (SSSR count). The molecule has 0 radical (unpaired) electrons. The Bertz CT molecular complexity index is 824. The van der Waals surface area contributed by atoms with Crippen molar-refractivity contribution in [2.24, 2.45) is 5.73 Å². The smallest absolute Gasteiger partial charge is 0.250 e. The van der Waals surface area contributed by atoms with Crippen LogP contribution in [0.5, 0.6) is 0 Å². The number of anilines is 1. The van der Waals surface area contributed by atoms with Crippen molar-refractivity contribution >= 4 is 39.5 Å². The van der Waals surface area contributed by atoms with Crippen molar-refractivity contribution in [1.82, 2.24) is 9.38 Å². The van der Waals surface area contributed by atoms with Crippen LogP contribution in [0.3, 0.4) is 0 Å². The van der Waals surface area contributed by atoms with E-state index in [1.807, 2.05) is 18.5 Å². The molecule has 0 saturated heterocycles. The van der Waals surface area contributed by atoms with Gasteiger partial charge in [0.15, 0.2) is 4.96 Å². The van der Waals surface area contributed by atoms with Gasteiger partial charge in [-0.15, -0.1) is 11.3 Å². The molecule has 0 bridgehead atoms. The van der Waals surface area contributed by atoms with Gasteiger partial charge in [0, 0.05) is 17.3 Å². The molecule has 0 unspecified atom stereocenters. The second-order valence-corrected chi connectivity index (χ2v) is 5.89. The van der Waals surface area contributed by atoms with E-state index in [1.165, 1.54) is 0 Å². The van der Waals surface area contributed by atoms with Gasteiger partial charge in [-0.2, -0.15) is 0 Å². The fourth-order valence-corrected chi connectivity index (χ4v) is 3.22. The summed E-state index contributed by atoms with van der Waals surface area (Å²) in [7, 11) is 0. The molecule has 21 heavy (non-hydrogen) atoms. The highest BCUT2D eigenvalue weighted by Gasteiger charge is 2.10. The average Bonchev–Trinajstić information content (AvgIpc) is 2.97. The molecule has 0 saturated carbocycles. The van der Waals surface area contributed by atoms with Crippen LogP contribution >= 0.6 is 22.9 Å². The Morgan fingerprint density at radius 1 is 1.52 bits per heavy atom. The lowest BCUT2D eigenvalue weighted by atomic mass is 10.2. The van der Waals surface area contributed by atoms with Crippen molar-refractivity contribution in [3.63, 3.8) is 0 Å². The molecule has 0 spiro atoms. The minimum Gasteiger partial charge on any atom is -0.379 e. The predicted molar refractivity (Wildman–Crippen MR) is 85.1 cm³/mol. The van der Waals surface area contributed by atoms with E-state index >= 15 is 0 Å². The molecule has 0 aliphatic rings. The van der Waals surface area contributed by atoms with Gasteiger partial charge < -0.3 is 11.1 Å². The molecule has 3 N–H and O–H groups in total. The number of carbonyl (C=O) groups is 1. The van der Waals surface area contributed by atoms with Crippen molar-refractivity contribution in [3.05, 3.63) is 51.7 Å². The monoisotopic (exact) mass is 320 g/mol. The number of nitrogens with zero attached hydrogens (tertiary/aromatic N) is 2. The third kappa shape index (κ3) is 2.59. The van der Waals surface area contributed by atoms with Crippen LogP contribution in [-0.4, -0.2) is 15.3 Å². The second kappa shape index (κ2) is 5.38. The number of imidazole rings is 1. The third-order valence-electron chi connectivity index (χ3n) is 3.26. The van der Waals surface area contributed by atoms with Gasteiger partial charge in [-0.25, -0.2) is 4.98 Å². The minimum atomic E-state index is -0.529. The SMILES string of the molecule is Cc1nc2sccn2c1CNc1ccc(C(N)=O)c(Cl)c1. The first kappa shape index (κ1) is 13.9. The highest BCUT2D eigenvalue weighted by atomic mass is 35.5. The molecule has 108 valence electrons. The van der Waals surface area contributed by atoms with Crippen LogP contribution in [0.4, 0.5) is 5.69 Å². The fourth-order valence-electron chi connectivity index (χ4n) is 2.16. The van der Waals surface area contributed by atoms with Gasteiger partial charge in [0.2, 0.25) is 5.91 Å². The second-order valence-electron chi connectivity index (χ2n) is 4.61. The summed E-state index contributed by atoms with van der Waals surface area (Å²) in [6.45, 7) is 2.61. The third-order valence-corrected chi connectivity index (χ3v) is 4.33. The normalized spacial score (nSPS) is 11.0. The van der Waals surface area contributed by atoms with Crippen LogP contribution in [-0.2, 0) is 6.54 Å². The number of halogens is 1. The molecular weight excluding hydrogens is 308 g/mol. The Hall–Kier alpha value is -2.05. The summed E-state index contributed by atoms with van der Waals surface area (Å²) in [5.41, 5.74) is 8.48. The Balaban J connectivity index is 1.81. The zero-order valence-corrected chi connectivity index (χ0v) is 12.8. The maximum Gasteiger partial charge on any atom is 0.250 e. The van der Waals surface area contributed by atoms with Gasteiger partial charge in [0.05, 0.1) is 28.5 Å². The lowest BCUT2D eigenvalue weighted by molar-refractivity contribution is 0.100. The number of amides is 1. The molecule has 3 aromatic rings. The largest absolute Gasteiger partial charge is 0.379 e. The van der Waals surface area contributed by atoms with E-state index in [9.17, 15) is 4.79 Å². The summed E-state index contributed by atoms with van der Waals surface area (Å²) < 4.78 is 2.06. The molecular formula is C14H13ClN4OS. The highest BCUT2D eigenvalue weighted by Crippen LogP contribution is 2.22. The minimum absolute atomic E-state index is 0.322. The van der Waals surface area contributed by atoms with Crippen molar-refractivity contribution in [2.45, 2.75) is 13.5 Å². The van der Waals surface area contributed by atoms with Gasteiger partial charge in [-0.05, 0) is 25.1 Å². The number of primary amides is 1. The first-order chi connectivity index (χ1) is 10.1. The summed E-state index contributed by atoms with van der Waals surface area (Å²) in [6.07, 6.45) is 2.00. The average molecular weight is 321 g/mol. The first-order valence-electron chi connectivity index (χ1n) is 6.30. The number of hydrogen-bond donors (Lipinski definition) is 2. The number of fused-ring (bicyclic) bond motifs is 1. The zero-order chi connectivity index (χ0) is 15.0. The number of nitrogens with two attached hydrogens (primary N) is 1. The van der Waals surface area contributed by atoms with Crippen molar-refractivity contribution < 1.29 is 4.79 Å². The van der Waals surface area contributed by atoms with Crippen LogP contribution in [0.2, 0.25) is 5.02 Å². The van der Waals surface area contributed by atoms with E-state index in [1.54, 1.807) is 29.5 Å². The van der Waals surface area contributed by atoms with Gasteiger partial charge in [0.25, 0.3) is 0 Å². The lowest BCUT2D eigenvalue weighted by Crippen LogP contribution is -2.11. The van der Waals surface area contributed by atoms with Crippen molar-refractivity contribution in [1.29, 1.82) is 0 Å². The van der Waals surface area contributed by atoms with E-state index in [-0.39, 0.29) is 0 Å².